The molecule has 1 unspecified atom stereocenters. The summed E-state index contributed by atoms with van der Waals surface area (Å²) in [5.74, 6) is 1.38. The van der Waals surface area contributed by atoms with E-state index in [1.165, 1.54) is 27.4 Å². The van der Waals surface area contributed by atoms with Crippen LogP contribution >= 0.6 is 0 Å². The van der Waals surface area contributed by atoms with Crippen LogP contribution in [0.1, 0.15) is 34.3 Å². The summed E-state index contributed by atoms with van der Waals surface area (Å²) in [6, 6.07) is 17.7. The Morgan fingerprint density at radius 3 is 2.53 bits per heavy atom. The summed E-state index contributed by atoms with van der Waals surface area (Å²) in [5.41, 5.74) is 1.89. The molecule has 0 spiro atoms. The molecule has 1 heterocycles. The lowest BCUT2D eigenvalue weighted by molar-refractivity contribution is 0.0504. The first-order valence-electron chi connectivity index (χ1n) is 12.7. The van der Waals surface area contributed by atoms with Crippen molar-refractivity contribution in [3.05, 3.63) is 83.2 Å². The molecule has 1 saturated heterocycles. The van der Waals surface area contributed by atoms with Gasteiger partial charge >= 0.3 is 0 Å². The highest BCUT2D eigenvalue weighted by molar-refractivity contribution is 5.98. The number of hydrogen-bond acceptors (Lipinski definition) is 6. The molecule has 0 N–H and O–H groups in total. The van der Waals surface area contributed by atoms with Crippen molar-refractivity contribution in [3.63, 3.8) is 0 Å². The van der Waals surface area contributed by atoms with Crippen molar-refractivity contribution in [2.45, 2.75) is 31.9 Å². The molecule has 202 valence electrons. The van der Waals surface area contributed by atoms with Crippen LogP contribution in [-0.4, -0.2) is 58.0 Å². The largest absolute Gasteiger partial charge is 0.493 e. The maximum absolute atomic E-state index is 13.9. The smallest absolute Gasteiger partial charge is 0.258 e. The van der Waals surface area contributed by atoms with Gasteiger partial charge in [0.1, 0.15) is 11.6 Å². The van der Waals surface area contributed by atoms with Gasteiger partial charge in [-0.05, 0) is 54.3 Å². The first kappa shape index (κ1) is 27.3. The second-order valence-electron chi connectivity index (χ2n) is 9.04. The van der Waals surface area contributed by atoms with E-state index in [1.54, 1.807) is 29.2 Å². The molecule has 1 aliphatic rings. The van der Waals surface area contributed by atoms with Crippen LogP contribution in [0.3, 0.4) is 0 Å². The fourth-order valence-electron chi connectivity index (χ4n) is 4.63. The molecule has 0 radical (unpaired) electrons. The normalized spacial score (nSPS) is 14.7. The number of hydrogen-bond donors (Lipinski definition) is 0. The van der Waals surface area contributed by atoms with Crippen molar-refractivity contribution in [3.8, 4) is 23.0 Å². The molecule has 3 aromatic rings. The van der Waals surface area contributed by atoms with Gasteiger partial charge in [0, 0.05) is 26.1 Å². The summed E-state index contributed by atoms with van der Waals surface area (Å²) >= 11 is 0. The minimum Gasteiger partial charge on any atom is -0.493 e. The molecule has 1 amide bonds. The van der Waals surface area contributed by atoms with Crippen molar-refractivity contribution >= 4 is 5.91 Å². The Bertz CT molecular complexity index is 1230. The zero-order valence-electron chi connectivity index (χ0n) is 22.1. The SMILES string of the molecule is COc1ccc(C(=O)N(Cc2cccc(OCCc3ccccc3F)c2)CC2CCCO2)c(OC)c1OC. The molecule has 0 aliphatic carbocycles. The van der Waals surface area contributed by atoms with E-state index in [0.29, 0.717) is 66.8 Å². The number of nitrogens with zero attached hydrogens (tertiary/aromatic N) is 1. The van der Waals surface area contributed by atoms with Crippen LogP contribution in [0.15, 0.2) is 60.7 Å². The Kier molecular flexibility index (Phi) is 9.43. The van der Waals surface area contributed by atoms with Gasteiger partial charge in [-0.3, -0.25) is 4.79 Å². The topological polar surface area (TPSA) is 66.5 Å². The van der Waals surface area contributed by atoms with E-state index in [2.05, 4.69) is 0 Å². The summed E-state index contributed by atoms with van der Waals surface area (Å²) in [6.07, 6.45) is 2.29. The van der Waals surface area contributed by atoms with Gasteiger partial charge in [0.05, 0.1) is 39.6 Å². The molecular weight excluding hydrogens is 489 g/mol. The van der Waals surface area contributed by atoms with E-state index in [9.17, 15) is 9.18 Å². The van der Waals surface area contributed by atoms with Gasteiger partial charge in [0.25, 0.3) is 5.91 Å². The van der Waals surface area contributed by atoms with Crippen LogP contribution in [0, 0.1) is 5.82 Å². The maximum atomic E-state index is 13.9. The summed E-state index contributed by atoms with van der Waals surface area (Å²) in [7, 11) is 4.55. The zero-order chi connectivity index (χ0) is 26.9. The first-order chi connectivity index (χ1) is 18.5. The third-order valence-electron chi connectivity index (χ3n) is 6.54. The molecule has 0 bridgehead atoms. The molecule has 0 aromatic heterocycles. The third-order valence-corrected chi connectivity index (χ3v) is 6.54. The van der Waals surface area contributed by atoms with Gasteiger partial charge in [-0.2, -0.15) is 0 Å². The average Bonchev–Trinajstić information content (AvgIpc) is 3.46. The highest BCUT2D eigenvalue weighted by Crippen LogP contribution is 2.40. The predicted molar refractivity (Wildman–Crippen MR) is 142 cm³/mol. The van der Waals surface area contributed by atoms with Gasteiger partial charge < -0.3 is 28.6 Å². The lowest BCUT2D eigenvalue weighted by Gasteiger charge is -2.27. The number of ether oxygens (including phenoxy) is 5. The van der Waals surface area contributed by atoms with E-state index in [0.717, 1.165) is 18.4 Å². The number of halogens is 1. The predicted octanol–water partition coefficient (Wildman–Crippen LogP) is 5.29. The minimum atomic E-state index is -0.237. The second kappa shape index (κ2) is 13.1. The number of rotatable bonds is 12. The fourth-order valence-corrected chi connectivity index (χ4v) is 4.63. The van der Waals surface area contributed by atoms with Crippen LogP contribution in [0.2, 0.25) is 0 Å². The van der Waals surface area contributed by atoms with Crippen molar-refractivity contribution < 1.29 is 32.9 Å². The van der Waals surface area contributed by atoms with Crippen LogP contribution in [0.4, 0.5) is 4.39 Å². The molecule has 7 nitrogen and oxygen atoms in total. The molecule has 3 aromatic carbocycles. The Morgan fingerprint density at radius 1 is 1.00 bits per heavy atom. The summed E-state index contributed by atoms with van der Waals surface area (Å²) < 4.78 is 42.1. The third kappa shape index (κ3) is 6.55. The molecule has 1 atom stereocenters. The van der Waals surface area contributed by atoms with Crippen molar-refractivity contribution in [2.75, 3.05) is 41.1 Å². The first-order valence-corrected chi connectivity index (χ1v) is 12.7. The number of carbonyl (C=O) groups is 1. The summed E-state index contributed by atoms with van der Waals surface area (Å²) in [5, 5.41) is 0. The molecule has 1 fully saturated rings. The van der Waals surface area contributed by atoms with E-state index in [1.807, 2.05) is 30.3 Å². The van der Waals surface area contributed by atoms with Gasteiger partial charge in [-0.25, -0.2) is 4.39 Å². The molecular formula is C30H34FNO6. The summed E-state index contributed by atoms with van der Waals surface area (Å²) in [6.45, 7) is 1.82. The molecule has 0 saturated carbocycles. The van der Waals surface area contributed by atoms with Crippen molar-refractivity contribution in [1.82, 2.24) is 4.90 Å². The average molecular weight is 524 g/mol. The van der Waals surface area contributed by atoms with E-state index in [4.69, 9.17) is 23.7 Å². The van der Waals surface area contributed by atoms with Gasteiger partial charge in [-0.15, -0.1) is 0 Å². The van der Waals surface area contributed by atoms with Crippen LogP contribution in [0.25, 0.3) is 0 Å². The van der Waals surface area contributed by atoms with E-state index in [-0.39, 0.29) is 17.8 Å². The van der Waals surface area contributed by atoms with E-state index < -0.39 is 0 Å². The van der Waals surface area contributed by atoms with E-state index >= 15 is 0 Å². The maximum Gasteiger partial charge on any atom is 0.258 e. The molecule has 1 aliphatic heterocycles. The minimum absolute atomic E-state index is 0.0368. The molecule has 4 rings (SSSR count). The molecule has 38 heavy (non-hydrogen) atoms. The zero-order valence-corrected chi connectivity index (χ0v) is 22.1. The standard InChI is InChI=1S/C30H34FNO6/c1-34-27-14-13-25(28(35-2)29(27)36-3)30(33)32(20-24-11-7-16-37-24)19-21-8-6-10-23(18-21)38-17-15-22-9-4-5-12-26(22)31/h4-6,8-10,12-14,18,24H,7,11,15-17,19-20H2,1-3H3. The van der Waals surface area contributed by atoms with Gasteiger partial charge in [-0.1, -0.05) is 30.3 Å². The van der Waals surface area contributed by atoms with Gasteiger partial charge in [0.2, 0.25) is 5.75 Å². The fraction of sp³-hybridized carbons (Fsp3) is 0.367. The highest BCUT2D eigenvalue weighted by atomic mass is 19.1. The quantitative estimate of drug-likeness (QED) is 0.321. The Balaban J connectivity index is 1.53. The Hall–Kier alpha value is -3.78. The lowest BCUT2D eigenvalue weighted by atomic mass is 10.1. The highest BCUT2D eigenvalue weighted by Gasteiger charge is 2.28. The number of benzene rings is 3. The number of methoxy groups -OCH3 is 3. The van der Waals surface area contributed by atoms with Crippen molar-refractivity contribution in [2.24, 2.45) is 0 Å². The second-order valence-corrected chi connectivity index (χ2v) is 9.04. The Labute approximate surface area is 223 Å². The van der Waals surface area contributed by atoms with Crippen molar-refractivity contribution in [1.29, 1.82) is 0 Å². The van der Waals surface area contributed by atoms with Gasteiger partial charge in [0.15, 0.2) is 11.5 Å². The Morgan fingerprint density at radius 2 is 1.82 bits per heavy atom. The monoisotopic (exact) mass is 523 g/mol. The summed E-state index contributed by atoms with van der Waals surface area (Å²) in [4.78, 5) is 15.6. The molecule has 8 heteroatoms. The van der Waals surface area contributed by atoms with Crippen LogP contribution in [0.5, 0.6) is 23.0 Å². The number of amides is 1. The van der Waals surface area contributed by atoms with Crippen LogP contribution < -0.4 is 18.9 Å². The number of carbonyl (C=O) groups excluding carboxylic acids is 1. The van der Waals surface area contributed by atoms with Crippen LogP contribution in [-0.2, 0) is 17.7 Å². The lowest BCUT2D eigenvalue weighted by Crippen LogP contribution is -2.37.